The summed E-state index contributed by atoms with van der Waals surface area (Å²) in [4.78, 5) is 12.3. The first-order chi connectivity index (χ1) is 10.3. The smallest absolute Gasteiger partial charge is 0.255 e. The normalized spacial score (nSPS) is 12.8. The van der Waals surface area contributed by atoms with Crippen molar-refractivity contribution in [3.63, 3.8) is 0 Å². The van der Waals surface area contributed by atoms with Crippen molar-refractivity contribution in [2.75, 3.05) is 25.0 Å². The third-order valence-electron chi connectivity index (χ3n) is 3.47. The van der Waals surface area contributed by atoms with Crippen molar-refractivity contribution < 1.29 is 9.53 Å². The molecule has 2 aromatic carbocycles. The van der Waals surface area contributed by atoms with Crippen LogP contribution in [-0.2, 0) is 6.42 Å². The van der Waals surface area contributed by atoms with Crippen LogP contribution in [0.4, 0.5) is 5.69 Å². The highest BCUT2D eigenvalue weighted by atomic mass is 16.5. The highest BCUT2D eigenvalue weighted by Crippen LogP contribution is 2.30. The van der Waals surface area contributed by atoms with Crippen LogP contribution in [0.5, 0.6) is 5.75 Å². The molecule has 1 aliphatic heterocycles. The molecule has 1 heterocycles. The van der Waals surface area contributed by atoms with Gasteiger partial charge in [0.2, 0.25) is 0 Å². The first kappa shape index (κ1) is 13.5. The lowest BCUT2D eigenvalue weighted by Gasteiger charge is -2.21. The zero-order valence-electron chi connectivity index (χ0n) is 11.8. The Morgan fingerprint density at radius 2 is 2.00 bits per heavy atom. The summed E-state index contributed by atoms with van der Waals surface area (Å²) in [5, 5.41) is 6.19. The molecule has 0 saturated heterocycles. The number of anilines is 1. The number of para-hydroxylation sites is 1. The van der Waals surface area contributed by atoms with Crippen LogP contribution in [-0.4, -0.2) is 25.6 Å². The van der Waals surface area contributed by atoms with Crippen LogP contribution in [0.15, 0.2) is 48.5 Å². The Morgan fingerprint density at radius 3 is 2.86 bits per heavy atom. The average molecular weight is 282 g/mol. The van der Waals surface area contributed by atoms with Crippen molar-refractivity contribution >= 4 is 11.6 Å². The van der Waals surface area contributed by atoms with Gasteiger partial charge in [0.15, 0.2) is 5.75 Å². The third-order valence-corrected chi connectivity index (χ3v) is 3.47. The van der Waals surface area contributed by atoms with Gasteiger partial charge in [0, 0.05) is 13.1 Å². The van der Waals surface area contributed by atoms with Gasteiger partial charge < -0.3 is 15.4 Å². The molecule has 0 atom stereocenters. The Kier molecular flexibility index (Phi) is 4.05. The van der Waals surface area contributed by atoms with Gasteiger partial charge in [-0.1, -0.05) is 36.4 Å². The second-order valence-electron chi connectivity index (χ2n) is 4.95. The van der Waals surface area contributed by atoms with Crippen LogP contribution in [0, 0.1) is 0 Å². The Hall–Kier alpha value is -2.49. The Morgan fingerprint density at radius 1 is 1.14 bits per heavy atom. The first-order valence-corrected chi connectivity index (χ1v) is 7.16. The van der Waals surface area contributed by atoms with E-state index in [1.807, 2.05) is 30.3 Å². The highest BCUT2D eigenvalue weighted by molar-refractivity contribution is 5.98. The Balaban J connectivity index is 1.63. The van der Waals surface area contributed by atoms with E-state index < -0.39 is 0 Å². The van der Waals surface area contributed by atoms with Gasteiger partial charge in [-0.3, -0.25) is 4.79 Å². The van der Waals surface area contributed by atoms with Crippen molar-refractivity contribution in [2.45, 2.75) is 6.42 Å². The lowest BCUT2D eigenvalue weighted by Crippen LogP contribution is -2.28. The summed E-state index contributed by atoms with van der Waals surface area (Å²) in [5.74, 6) is 0.562. The van der Waals surface area contributed by atoms with E-state index in [0.29, 0.717) is 24.5 Å². The number of fused-ring (bicyclic) bond motifs is 1. The molecule has 0 aromatic heterocycles. The summed E-state index contributed by atoms with van der Waals surface area (Å²) < 4.78 is 5.62. The summed E-state index contributed by atoms with van der Waals surface area (Å²) in [7, 11) is 0. The summed E-state index contributed by atoms with van der Waals surface area (Å²) >= 11 is 0. The summed E-state index contributed by atoms with van der Waals surface area (Å²) in [5.41, 5.74) is 2.69. The number of hydrogen-bond donors (Lipinski definition) is 2. The number of carbonyl (C=O) groups is 1. The minimum Gasteiger partial charge on any atom is -0.489 e. The highest BCUT2D eigenvalue weighted by Gasteiger charge is 2.18. The predicted octanol–water partition coefficient (Wildman–Crippen LogP) is 2.46. The molecule has 21 heavy (non-hydrogen) atoms. The van der Waals surface area contributed by atoms with E-state index in [1.54, 1.807) is 6.07 Å². The Bertz CT molecular complexity index is 626. The maximum Gasteiger partial charge on any atom is 0.255 e. The summed E-state index contributed by atoms with van der Waals surface area (Å²) in [6.07, 6.45) is 0.820. The predicted molar refractivity (Wildman–Crippen MR) is 82.9 cm³/mol. The van der Waals surface area contributed by atoms with E-state index in [0.717, 1.165) is 18.7 Å². The molecule has 0 aliphatic carbocycles. The molecule has 1 aliphatic rings. The molecular weight excluding hydrogens is 264 g/mol. The second-order valence-corrected chi connectivity index (χ2v) is 4.95. The SMILES string of the molecule is O=C(NCCc1ccccc1)c1cccc2c1OCCN2. The maximum atomic E-state index is 12.3. The molecule has 3 rings (SSSR count). The molecule has 2 N–H and O–H groups in total. The van der Waals surface area contributed by atoms with E-state index in [-0.39, 0.29) is 5.91 Å². The molecule has 0 unspecified atom stereocenters. The number of ether oxygens (including phenoxy) is 1. The quantitative estimate of drug-likeness (QED) is 0.905. The first-order valence-electron chi connectivity index (χ1n) is 7.16. The standard InChI is InChI=1S/C17H18N2O2/c20-17(19-10-9-13-5-2-1-3-6-13)14-7-4-8-15-16(14)21-12-11-18-15/h1-8,18H,9-12H2,(H,19,20). The van der Waals surface area contributed by atoms with Crippen LogP contribution in [0.1, 0.15) is 15.9 Å². The zero-order valence-corrected chi connectivity index (χ0v) is 11.8. The van der Waals surface area contributed by atoms with Crippen LogP contribution >= 0.6 is 0 Å². The molecular formula is C17H18N2O2. The third kappa shape index (κ3) is 3.16. The van der Waals surface area contributed by atoms with E-state index in [9.17, 15) is 4.79 Å². The minimum atomic E-state index is -0.0912. The largest absolute Gasteiger partial charge is 0.489 e. The van der Waals surface area contributed by atoms with Crippen molar-refractivity contribution in [3.05, 3.63) is 59.7 Å². The van der Waals surface area contributed by atoms with Gasteiger partial charge in [0.1, 0.15) is 6.61 Å². The average Bonchev–Trinajstić information content (AvgIpc) is 2.55. The molecule has 0 radical (unpaired) electrons. The summed E-state index contributed by atoms with van der Waals surface area (Å²) in [6.45, 7) is 1.97. The van der Waals surface area contributed by atoms with Gasteiger partial charge >= 0.3 is 0 Å². The summed E-state index contributed by atoms with van der Waals surface area (Å²) in [6, 6.07) is 15.7. The van der Waals surface area contributed by atoms with Gasteiger partial charge in [-0.25, -0.2) is 0 Å². The topological polar surface area (TPSA) is 50.4 Å². The fraction of sp³-hybridized carbons (Fsp3) is 0.235. The van der Waals surface area contributed by atoms with E-state index in [4.69, 9.17) is 4.74 Å². The van der Waals surface area contributed by atoms with Gasteiger partial charge in [-0.15, -0.1) is 0 Å². The molecule has 0 fully saturated rings. The number of benzene rings is 2. The van der Waals surface area contributed by atoms with Crippen LogP contribution < -0.4 is 15.4 Å². The van der Waals surface area contributed by atoms with E-state index in [1.165, 1.54) is 5.56 Å². The molecule has 1 amide bonds. The number of carbonyl (C=O) groups excluding carboxylic acids is 1. The molecule has 0 spiro atoms. The van der Waals surface area contributed by atoms with E-state index >= 15 is 0 Å². The van der Waals surface area contributed by atoms with E-state index in [2.05, 4.69) is 22.8 Å². The number of amides is 1. The van der Waals surface area contributed by atoms with Crippen molar-refractivity contribution in [1.82, 2.24) is 5.32 Å². The molecule has 4 nitrogen and oxygen atoms in total. The molecule has 2 aromatic rings. The zero-order chi connectivity index (χ0) is 14.5. The lowest BCUT2D eigenvalue weighted by atomic mass is 10.1. The van der Waals surface area contributed by atoms with Crippen molar-refractivity contribution in [2.24, 2.45) is 0 Å². The Labute approximate surface area is 124 Å². The molecule has 108 valence electrons. The lowest BCUT2D eigenvalue weighted by molar-refractivity contribution is 0.0950. The van der Waals surface area contributed by atoms with Crippen LogP contribution in [0.25, 0.3) is 0 Å². The van der Waals surface area contributed by atoms with Gasteiger partial charge in [-0.05, 0) is 24.1 Å². The number of nitrogens with one attached hydrogen (secondary N) is 2. The number of hydrogen-bond acceptors (Lipinski definition) is 3. The van der Waals surface area contributed by atoms with Crippen LogP contribution in [0.2, 0.25) is 0 Å². The van der Waals surface area contributed by atoms with Gasteiger partial charge in [0.25, 0.3) is 5.91 Å². The van der Waals surface area contributed by atoms with Gasteiger partial charge in [0.05, 0.1) is 11.3 Å². The monoisotopic (exact) mass is 282 g/mol. The van der Waals surface area contributed by atoms with Crippen molar-refractivity contribution in [3.8, 4) is 5.75 Å². The van der Waals surface area contributed by atoms with Crippen molar-refractivity contribution in [1.29, 1.82) is 0 Å². The second kappa shape index (κ2) is 6.31. The van der Waals surface area contributed by atoms with Crippen LogP contribution in [0.3, 0.4) is 0 Å². The minimum absolute atomic E-state index is 0.0912. The molecule has 0 bridgehead atoms. The fourth-order valence-electron chi connectivity index (χ4n) is 2.41. The van der Waals surface area contributed by atoms with Gasteiger partial charge in [-0.2, -0.15) is 0 Å². The fourth-order valence-corrected chi connectivity index (χ4v) is 2.41. The maximum absolute atomic E-state index is 12.3. The number of rotatable bonds is 4. The molecule has 4 heteroatoms. The molecule has 0 saturated carbocycles.